The quantitative estimate of drug-likeness (QED) is 0.308. The smallest absolute Gasteiger partial charge is 0.0786 e. The Balaban J connectivity index is 0. The van der Waals surface area contributed by atoms with Gasteiger partial charge in [0.15, 0.2) is 0 Å². The fourth-order valence-electron chi connectivity index (χ4n) is 3.83. The summed E-state index contributed by atoms with van der Waals surface area (Å²) in [4.78, 5) is 10.6. The van der Waals surface area contributed by atoms with Crippen molar-refractivity contribution in [1.29, 1.82) is 0 Å². The lowest BCUT2D eigenvalue weighted by Crippen LogP contribution is -2.50. The zero-order chi connectivity index (χ0) is 21.2. The molecule has 0 aromatic heterocycles. The molecule has 0 atom stereocenters. The lowest BCUT2D eigenvalue weighted by Gasteiger charge is -2.39. The third-order valence-electron chi connectivity index (χ3n) is 6.41. The summed E-state index contributed by atoms with van der Waals surface area (Å²) < 4.78 is 1.42. The molecule has 0 saturated heterocycles. The molecule has 0 spiro atoms. The van der Waals surface area contributed by atoms with Crippen LogP contribution < -0.4 is 5.11 Å². The van der Waals surface area contributed by atoms with Crippen LogP contribution in [0.5, 0.6) is 0 Å². The molecule has 0 amide bonds. The van der Waals surface area contributed by atoms with Crippen LogP contribution in [-0.2, 0) is 4.79 Å². The van der Waals surface area contributed by atoms with E-state index < -0.39 is 11.4 Å². The average molecular weight is 386 g/mol. The Kier molecular flexibility index (Phi) is 18.6. The molecule has 0 N–H and O–H groups in total. The first-order valence-electron chi connectivity index (χ1n) is 11.9. The van der Waals surface area contributed by atoms with E-state index in [1.807, 2.05) is 20.8 Å². The van der Waals surface area contributed by atoms with Crippen LogP contribution in [0, 0.1) is 5.41 Å². The standard InChI is InChI=1S/C16H36N.C8H16O2/c1-5-9-13-17(14-10-6-2,15-11-7-3)16-12-8-4;1-4-8(5-2,6-3)7(9)10/h5-16H2,1-4H3;4-6H2,1-3H3,(H,9,10)/q+1;/p-1. The van der Waals surface area contributed by atoms with E-state index >= 15 is 0 Å². The molecule has 0 heterocycles. The maximum Gasteiger partial charge on any atom is 0.0786 e. The minimum absolute atomic E-state index is 0.569. The molecule has 0 aliphatic carbocycles. The van der Waals surface area contributed by atoms with E-state index in [-0.39, 0.29) is 0 Å². The van der Waals surface area contributed by atoms with Crippen LogP contribution >= 0.6 is 0 Å². The van der Waals surface area contributed by atoms with E-state index in [0.717, 1.165) is 0 Å². The van der Waals surface area contributed by atoms with Gasteiger partial charge in [-0.3, -0.25) is 0 Å². The average Bonchev–Trinajstić information content (AvgIpc) is 2.69. The van der Waals surface area contributed by atoms with Crippen LogP contribution in [0.1, 0.15) is 119 Å². The van der Waals surface area contributed by atoms with Crippen molar-refractivity contribution in [2.24, 2.45) is 5.41 Å². The van der Waals surface area contributed by atoms with Gasteiger partial charge in [0.05, 0.1) is 26.2 Å². The molecule has 0 fully saturated rings. The summed E-state index contributed by atoms with van der Waals surface area (Å²) in [5.74, 6) is -0.903. The van der Waals surface area contributed by atoms with Gasteiger partial charge >= 0.3 is 0 Å². The largest absolute Gasteiger partial charge is 0.550 e. The van der Waals surface area contributed by atoms with Crippen molar-refractivity contribution < 1.29 is 14.4 Å². The third-order valence-corrected chi connectivity index (χ3v) is 6.41. The highest BCUT2D eigenvalue weighted by molar-refractivity contribution is 5.72. The first-order chi connectivity index (χ1) is 12.9. The van der Waals surface area contributed by atoms with E-state index in [9.17, 15) is 9.90 Å². The first-order valence-corrected chi connectivity index (χ1v) is 11.9. The van der Waals surface area contributed by atoms with Crippen LogP contribution in [0.25, 0.3) is 0 Å². The van der Waals surface area contributed by atoms with Crippen LogP contribution in [0.2, 0.25) is 0 Å². The van der Waals surface area contributed by atoms with Crippen LogP contribution in [0.4, 0.5) is 0 Å². The molecule has 27 heavy (non-hydrogen) atoms. The minimum atomic E-state index is -0.903. The maximum absolute atomic E-state index is 10.6. The number of aliphatic carboxylic acids is 1. The molecule has 0 radical (unpaired) electrons. The van der Waals surface area contributed by atoms with E-state index in [0.29, 0.717) is 19.3 Å². The molecule has 0 aliphatic rings. The zero-order valence-electron chi connectivity index (χ0n) is 19.9. The Labute approximate surface area is 171 Å². The predicted octanol–water partition coefficient (Wildman–Crippen LogP) is 5.96. The van der Waals surface area contributed by atoms with Gasteiger partial charge in [-0.1, -0.05) is 74.1 Å². The van der Waals surface area contributed by atoms with Crippen molar-refractivity contribution in [3.63, 3.8) is 0 Å². The van der Waals surface area contributed by atoms with Gasteiger partial charge < -0.3 is 14.4 Å². The number of carboxylic acid groups (broad SMARTS) is 1. The summed E-state index contributed by atoms with van der Waals surface area (Å²) in [7, 11) is 0. The minimum Gasteiger partial charge on any atom is -0.550 e. The molecule has 164 valence electrons. The fraction of sp³-hybridized carbons (Fsp3) is 0.958. The number of rotatable bonds is 16. The molecule has 0 saturated carbocycles. The molecular formula is C24H51NO2. The predicted molar refractivity (Wildman–Crippen MR) is 118 cm³/mol. The number of carbonyl (C=O) groups is 1. The number of quaternary nitrogens is 1. The Morgan fingerprint density at radius 1 is 0.630 bits per heavy atom. The van der Waals surface area contributed by atoms with Gasteiger partial charge in [0.25, 0.3) is 0 Å². The summed E-state index contributed by atoms with van der Waals surface area (Å²) >= 11 is 0. The molecule has 0 rings (SSSR count). The molecular weight excluding hydrogens is 334 g/mol. The Hall–Kier alpha value is -0.570. The van der Waals surface area contributed by atoms with E-state index in [2.05, 4.69) is 27.7 Å². The van der Waals surface area contributed by atoms with Crippen LogP contribution in [0.3, 0.4) is 0 Å². The van der Waals surface area contributed by atoms with Gasteiger partial charge in [-0.05, 0) is 44.9 Å². The molecule has 0 aromatic rings. The zero-order valence-corrected chi connectivity index (χ0v) is 19.9. The second-order valence-electron chi connectivity index (χ2n) is 8.28. The second-order valence-corrected chi connectivity index (χ2v) is 8.28. The molecule has 0 aliphatic heterocycles. The summed E-state index contributed by atoms with van der Waals surface area (Å²) in [5.41, 5.74) is -0.569. The number of carboxylic acids is 1. The van der Waals surface area contributed by atoms with Gasteiger partial charge in [0.2, 0.25) is 0 Å². The lowest BCUT2D eigenvalue weighted by molar-refractivity contribution is -0.929. The van der Waals surface area contributed by atoms with Crippen molar-refractivity contribution in [3.8, 4) is 0 Å². The molecule has 0 aromatic carbocycles. The molecule has 0 unspecified atom stereocenters. The van der Waals surface area contributed by atoms with Crippen molar-refractivity contribution in [3.05, 3.63) is 0 Å². The SMILES string of the molecule is CCC(CC)(CC)C(=O)[O-].CCCC[N+](CCCC)(CCCC)CCCC. The summed E-state index contributed by atoms with van der Waals surface area (Å²) in [6, 6.07) is 0. The maximum atomic E-state index is 10.6. The van der Waals surface area contributed by atoms with Crippen LogP contribution in [0.15, 0.2) is 0 Å². The Morgan fingerprint density at radius 3 is 1.00 bits per heavy atom. The van der Waals surface area contributed by atoms with Gasteiger partial charge in [0, 0.05) is 11.4 Å². The monoisotopic (exact) mass is 385 g/mol. The van der Waals surface area contributed by atoms with Crippen molar-refractivity contribution in [2.75, 3.05) is 26.2 Å². The van der Waals surface area contributed by atoms with Gasteiger partial charge in [-0.25, -0.2) is 0 Å². The Bertz CT molecular complexity index is 291. The highest BCUT2D eigenvalue weighted by Crippen LogP contribution is 2.29. The Morgan fingerprint density at radius 2 is 0.889 bits per heavy atom. The number of unbranched alkanes of at least 4 members (excludes halogenated alkanes) is 4. The summed E-state index contributed by atoms with van der Waals surface area (Å²) in [6.45, 7) is 20.7. The summed E-state index contributed by atoms with van der Waals surface area (Å²) in [5, 5.41) is 10.6. The van der Waals surface area contributed by atoms with E-state index in [1.165, 1.54) is 82.0 Å². The van der Waals surface area contributed by atoms with Crippen molar-refractivity contribution in [2.45, 2.75) is 119 Å². The topological polar surface area (TPSA) is 40.1 Å². The van der Waals surface area contributed by atoms with Gasteiger partial charge in [-0.2, -0.15) is 0 Å². The fourth-order valence-corrected chi connectivity index (χ4v) is 3.83. The lowest BCUT2D eigenvalue weighted by atomic mass is 9.80. The van der Waals surface area contributed by atoms with E-state index in [1.54, 1.807) is 0 Å². The second kappa shape index (κ2) is 17.5. The number of hydrogen-bond acceptors (Lipinski definition) is 2. The van der Waals surface area contributed by atoms with Gasteiger partial charge in [0.1, 0.15) is 0 Å². The first kappa shape index (κ1) is 28.6. The van der Waals surface area contributed by atoms with E-state index in [4.69, 9.17) is 0 Å². The number of carbonyl (C=O) groups excluding carboxylic acids is 1. The molecule has 0 bridgehead atoms. The van der Waals surface area contributed by atoms with Crippen LogP contribution in [-0.4, -0.2) is 36.6 Å². The van der Waals surface area contributed by atoms with Crippen molar-refractivity contribution in [1.82, 2.24) is 0 Å². The third kappa shape index (κ3) is 11.8. The highest BCUT2D eigenvalue weighted by atomic mass is 16.4. The number of nitrogens with zero attached hydrogens (tertiary/aromatic N) is 1. The molecule has 3 nitrogen and oxygen atoms in total. The molecule has 3 heteroatoms. The van der Waals surface area contributed by atoms with Gasteiger partial charge in [-0.15, -0.1) is 0 Å². The van der Waals surface area contributed by atoms with Crippen molar-refractivity contribution >= 4 is 5.97 Å². The normalized spacial score (nSPS) is 11.8. The summed E-state index contributed by atoms with van der Waals surface area (Å²) in [6.07, 6.45) is 13.1. The number of hydrogen-bond donors (Lipinski definition) is 0. The highest BCUT2D eigenvalue weighted by Gasteiger charge is 2.25.